The fourth-order valence-electron chi connectivity index (χ4n) is 3.13. The van der Waals surface area contributed by atoms with Crippen molar-refractivity contribution in [3.05, 3.63) is 65.2 Å². The third-order valence-corrected chi connectivity index (χ3v) is 5.00. The van der Waals surface area contributed by atoms with Crippen molar-refractivity contribution in [1.29, 1.82) is 0 Å². The van der Waals surface area contributed by atoms with Crippen LogP contribution in [-0.4, -0.2) is 49.8 Å². The number of ether oxygens (including phenoxy) is 1. The summed E-state index contributed by atoms with van der Waals surface area (Å²) in [4.78, 5) is 26.6. The highest BCUT2D eigenvalue weighted by Gasteiger charge is 2.46. The van der Waals surface area contributed by atoms with Gasteiger partial charge in [0.2, 0.25) is 0 Å². The standard InChI is InChI=1S/C23H21ClF3N3O3/c1-3-33-22(32)16-6-10-18(11-7-16)30-21(31)19(20(28-30)23(25,26)27)14-15-4-8-17(9-5-15)29(2)13-12-24/h4-11,14H,3,12-13H2,1-2H3/b19-14-. The first-order valence-corrected chi connectivity index (χ1v) is 10.6. The van der Waals surface area contributed by atoms with Gasteiger partial charge in [0, 0.05) is 25.2 Å². The van der Waals surface area contributed by atoms with Gasteiger partial charge < -0.3 is 9.64 Å². The van der Waals surface area contributed by atoms with Crippen molar-refractivity contribution < 1.29 is 27.5 Å². The van der Waals surface area contributed by atoms with Gasteiger partial charge in [0.25, 0.3) is 5.91 Å². The molecule has 0 spiro atoms. The van der Waals surface area contributed by atoms with E-state index in [0.29, 0.717) is 23.0 Å². The summed E-state index contributed by atoms with van der Waals surface area (Å²) in [7, 11) is 1.84. The summed E-state index contributed by atoms with van der Waals surface area (Å²) in [6, 6.07) is 12.1. The van der Waals surface area contributed by atoms with E-state index in [2.05, 4.69) is 5.10 Å². The second kappa shape index (κ2) is 10.1. The van der Waals surface area contributed by atoms with E-state index < -0.39 is 29.3 Å². The highest BCUT2D eigenvalue weighted by molar-refractivity contribution is 6.34. The molecule has 2 aromatic rings. The fraction of sp³-hybridized carbons (Fsp3) is 0.261. The molecule has 1 aliphatic heterocycles. The van der Waals surface area contributed by atoms with Gasteiger partial charge in [-0.3, -0.25) is 4.79 Å². The SMILES string of the molecule is CCOC(=O)c1ccc(N2N=C(C(F)(F)F)/C(=C/c3ccc(N(C)CCCl)cc3)C2=O)cc1. The molecule has 1 aliphatic rings. The Morgan fingerprint density at radius 3 is 2.33 bits per heavy atom. The molecule has 0 saturated carbocycles. The zero-order valence-corrected chi connectivity index (χ0v) is 18.7. The molecule has 0 aromatic heterocycles. The highest BCUT2D eigenvalue weighted by atomic mass is 35.5. The Bertz CT molecular complexity index is 1080. The van der Waals surface area contributed by atoms with Gasteiger partial charge in [-0.25, -0.2) is 4.79 Å². The lowest BCUT2D eigenvalue weighted by atomic mass is 10.1. The van der Waals surface area contributed by atoms with Crippen molar-refractivity contribution in [3.8, 4) is 0 Å². The lowest BCUT2D eigenvalue weighted by Crippen LogP contribution is -2.25. The Morgan fingerprint density at radius 2 is 1.79 bits per heavy atom. The molecule has 1 amide bonds. The molecular formula is C23H21ClF3N3O3. The summed E-state index contributed by atoms with van der Waals surface area (Å²) in [5.74, 6) is -1.06. The molecule has 0 radical (unpaired) electrons. The van der Waals surface area contributed by atoms with Crippen molar-refractivity contribution in [2.45, 2.75) is 13.1 Å². The second-order valence-corrected chi connectivity index (χ2v) is 7.47. The Balaban J connectivity index is 1.91. The van der Waals surface area contributed by atoms with Crippen LogP contribution in [0.25, 0.3) is 6.08 Å². The summed E-state index contributed by atoms with van der Waals surface area (Å²) in [6.45, 7) is 2.44. The second-order valence-electron chi connectivity index (χ2n) is 7.09. The highest BCUT2D eigenvalue weighted by Crippen LogP contribution is 2.33. The lowest BCUT2D eigenvalue weighted by Gasteiger charge is -2.17. The predicted octanol–water partition coefficient (Wildman–Crippen LogP) is 4.89. The number of hydrazone groups is 1. The number of nitrogens with zero attached hydrogens (tertiary/aromatic N) is 3. The monoisotopic (exact) mass is 479 g/mol. The van der Waals surface area contributed by atoms with Gasteiger partial charge in [0.1, 0.15) is 0 Å². The third-order valence-electron chi connectivity index (χ3n) is 4.83. The van der Waals surface area contributed by atoms with Crippen molar-refractivity contribution >= 4 is 46.6 Å². The van der Waals surface area contributed by atoms with Crippen LogP contribution in [0.2, 0.25) is 0 Å². The number of hydrogen-bond donors (Lipinski definition) is 0. The molecular weight excluding hydrogens is 459 g/mol. The molecule has 0 aliphatic carbocycles. The van der Waals surface area contributed by atoms with E-state index in [1.807, 2.05) is 11.9 Å². The number of hydrogen-bond acceptors (Lipinski definition) is 5. The van der Waals surface area contributed by atoms with Gasteiger partial charge in [-0.1, -0.05) is 12.1 Å². The summed E-state index contributed by atoms with van der Waals surface area (Å²) in [6.07, 6.45) is -3.67. The summed E-state index contributed by atoms with van der Waals surface area (Å²) in [5.41, 5.74) is -0.302. The normalized spacial score (nSPS) is 15.1. The molecule has 0 atom stereocenters. The maximum Gasteiger partial charge on any atom is 0.435 e. The Hall–Kier alpha value is -3.33. The molecule has 33 heavy (non-hydrogen) atoms. The minimum atomic E-state index is -4.83. The van der Waals surface area contributed by atoms with E-state index >= 15 is 0 Å². The van der Waals surface area contributed by atoms with E-state index in [9.17, 15) is 22.8 Å². The summed E-state index contributed by atoms with van der Waals surface area (Å²) in [5, 5.41) is 4.21. The van der Waals surface area contributed by atoms with Crippen LogP contribution in [-0.2, 0) is 9.53 Å². The number of benzene rings is 2. The molecule has 0 unspecified atom stereocenters. The van der Waals surface area contributed by atoms with E-state index in [-0.39, 0.29) is 17.9 Å². The molecule has 3 rings (SSSR count). The molecule has 0 bridgehead atoms. The van der Waals surface area contributed by atoms with Crippen molar-refractivity contribution in [1.82, 2.24) is 0 Å². The minimum absolute atomic E-state index is 0.0937. The van der Waals surface area contributed by atoms with Crippen LogP contribution in [0.5, 0.6) is 0 Å². The first kappa shape index (κ1) is 24.3. The van der Waals surface area contributed by atoms with Crippen LogP contribution in [0.4, 0.5) is 24.5 Å². The quantitative estimate of drug-likeness (QED) is 0.322. The minimum Gasteiger partial charge on any atom is -0.462 e. The number of amides is 1. The average Bonchev–Trinajstić information content (AvgIpc) is 3.11. The van der Waals surface area contributed by atoms with E-state index in [1.54, 1.807) is 31.2 Å². The Kier molecular flexibility index (Phi) is 7.43. The fourth-order valence-corrected chi connectivity index (χ4v) is 3.38. The van der Waals surface area contributed by atoms with Crippen LogP contribution in [0.15, 0.2) is 59.2 Å². The van der Waals surface area contributed by atoms with Crippen LogP contribution >= 0.6 is 11.6 Å². The van der Waals surface area contributed by atoms with Gasteiger partial charge in [-0.15, -0.1) is 11.6 Å². The van der Waals surface area contributed by atoms with Crippen molar-refractivity contribution in [3.63, 3.8) is 0 Å². The molecule has 0 saturated heterocycles. The van der Waals surface area contributed by atoms with Crippen LogP contribution in [0.1, 0.15) is 22.8 Å². The third kappa shape index (κ3) is 5.54. The molecule has 0 fully saturated rings. The predicted molar refractivity (Wildman–Crippen MR) is 122 cm³/mol. The number of alkyl halides is 4. The molecule has 0 N–H and O–H groups in total. The van der Waals surface area contributed by atoms with Gasteiger partial charge in [0.15, 0.2) is 5.71 Å². The van der Waals surface area contributed by atoms with E-state index in [0.717, 1.165) is 11.8 Å². The van der Waals surface area contributed by atoms with Crippen molar-refractivity contribution in [2.24, 2.45) is 5.10 Å². The molecule has 10 heteroatoms. The number of carbonyl (C=O) groups excluding carboxylic acids is 2. The van der Waals surface area contributed by atoms with E-state index in [1.165, 1.54) is 24.3 Å². The lowest BCUT2D eigenvalue weighted by molar-refractivity contribution is -0.114. The maximum atomic E-state index is 13.7. The zero-order chi connectivity index (χ0) is 24.2. The van der Waals surface area contributed by atoms with Crippen LogP contribution in [0.3, 0.4) is 0 Å². The number of esters is 1. The van der Waals surface area contributed by atoms with Gasteiger partial charge in [-0.05, 0) is 55.0 Å². The maximum absolute atomic E-state index is 13.7. The zero-order valence-electron chi connectivity index (χ0n) is 17.9. The smallest absolute Gasteiger partial charge is 0.435 e. The van der Waals surface area contributed by atoms with Crippen LogP contribution < -0.4 is 9.91 Å². The molecule has 6 nitrogen and oxygen atoms in total. The van der Waals surface area contributed by atoms with Gasteiger partial charge in [0.05, 0.1) is 23.4 Å². The number of halogens is 4. The molecule has 1 heterocycles. The largest absolute Gasteiger partial charge is 0.462 e. The van der Waals surface area contributed by atoms with Crippen molar-refractivity contribution in [2.75, 3.05) is 36.0 Å². The number of anilines is 2. The van der Waals surface area contributed by atoms with E-state index in [4.69, 9.17) is 16.3 Å². The number of rotatable bonds is 7. The molecule has 174 valence electrons. The topological polar surface area (TPSA) is 62.2 Å². The van der Waals surface area contributed by atoms with Crippen LogP contribution in [0, 0.1) is 0 Å². The first-order valence-electron chi connectivity index (χ1n) is 10.0. The first-order chi connectivity index (χ1) is 15.7. The summed E-state index contributed by atoms with van der Waals surface area (Å²) >= 11 is 5.73. The molecule has 2 aromatic carbocycles. The Morgan fingerprint density at radius 1 is 1.15 bits per heavy atom. The van der Waals surface area contributed by atoms with Gasteiger partial charge in [-0.2, -0.15) is 23.3 Å². The summed E-state index contributed by atoms with van der Waals surface area (Å²) < 4.78 is 45.8. The van der Waals surface area contributed by atoms with Gasteiger partial charge >= 0.3 is 12.1 Å². The average molecular weight is 480 g/mol. The number of carbonyl (C=O) groups is 2. The Labute approximate surface area is 193 Å².